The minimum atomic E-state index is 0.434. The molecule has 4 rings (SSSR count). The third kappa shape index (κ3) is 2.79. The highest BCUT2D eigenvalue weighted by atomic mass is 14.9. The fourth-order valence-electron chi connectivity index (χ4n) is 3.01. The Morgan fingerprint density at radius 1 is 0.840 bits per heavy atom. The molecule has 120 valence electrons. The van der Waals surface area contributed by atoms with Gasteiger partial charge in [0, 0.05) is 16.3 Å². The Kier molecular flexibility index (Phi) is 3.59. The molecule has 0 aliphatic rings. The number of anilines is 1. The molecule has 0 radical (unpaired) electrons. The van der Waals surface area contributed by atoms with Crippen LogP contribution in [0.3, 0.4) is 0 Å². The van der Waals surface area contributed by atoms with Gasteiger partial charge < -0.3 is 5.73 Å². The molecule has 0 fully saturated rings. The number of nitrogens with zero attached hydrogens (tertiary/aromatic N) is 2. The molecule has 3 heteroatoms. The third-order valence-electron chi connectivity index (χ3n) is 4.28. The number of rotatable bonds is 0. The lowest BCUT2D eigenvalue weighted by Gasteiger charge is -2.05. The van der Waals surface area contributed by atoms with Crippen LogP contribution in [0.2, 0.25) is 0 Å². The summed E-state index contributed by atoms with van der Waals surface area (Å²) in [4.78, 5) is 9.08. The Labute approximate surface area is 146 Å². The SMILES string of the molecule is Cc1ccc(C#Cc2ccc3c(n2)c(N)nc2ccccc23)c(C)c1. The van der Waals surface area contributed by atoms with E-state index in [0.29, 0.717) is 17.0 Å². The van der Waals surface area contributed by atoms with Gasteiger partial charge in [0.05, 0.1) is 5.52 Å². The molecule has 4 aromatic rings. The van der Waals surface area contributed by atoms with E-state index in [0.717, 1.165) is 21.9 Å². The first-order valence-corrected chi connectivity index (χ1v) is 8.16. The first kappa shape index (κ1) is 15.2. The number of hydrogen-bond donors (Lipinski definition) is 1. The van der Waals surface area contributed by atoms with E-state index in [-0.39, 0.29) is 0 Å². The molecule has 25 heavy (non-hydrogen) atoms. The summed E-state index contributed by atoms with van der Waals surface area (Å²) in [6.07, 6.45) is 0. The van der Waals surface area contributed by atoms with Crippen molar-refractivity contribution in [3.05, 3.63) is 77.0 Å². The normalized spacial score (nSPS) is 10.6. The molecule has 0 aliphatic heterocycles. The van der Waals surface area contributed by atoms with Gasteiger partial charge in [-0.3, -0.25) is 0 Å². The zero-order chi connectivity index (χ0) is 17.4. The topological polar surface area (TPSA) is 51.8 Å². The van der Waals surface area contributed by atoms with Crippen LogP contribution in [0.1, 0.15) is 22.4 Å². The predicted molar refractivity (Wildman–Crippen MR) is 103 cm³/mol. The number of fused-ring (bicyclic) bond motifs is 3. The number of para-hydroxylation sites is 1. The van der Waals surface area contributed by atoms with E-state index in [1.165, 1.54) is 11.1 Å². The van der Waals surface area contributed by atoms with Crippen molar-refractivity contribution in [2.24, 2.45) is 0 Å². The molecule has 0 atom stereocenters. The Morgan fingerprint density at radius 3 is 2.52 bits per heavy atom. The Hall–Kier alpha value is -3.38. The zero-order valence-corrected chi connectivity index (χ0v) is 14.2. The maximum absolute atomic E-state index is 6.12. The van der Waals surface area contributed by atoms with E-state index in [2.05, 4.69) is 47.8 Å². The molecule has 0 bridgehead atoms. The van der Waals surface area contributed by atoms with Crippen LogP contribution >= 0.6 is 0 Å². The summed E-state index contributed by atoms with van der Waals surface area (Å²) in [7, 11) is 0. The second kappa shape index (κ2) is 5.92. The fraction of sp³-hybridized carbons (Fsp3) is 0.0909. The van der Waals surface area contributed by atoms with Gasteiger partial charge >= 0.3 is 0 Å². The highest BCUT2D eigenvalue weighted by Crippen LogP contribution is 2.26. The Morgan fingerprint density at radius 2 is 1.68 bits per heavy atom. The number of nitrogen functional groups attached to an aromatic ring is 1. The van der Waals surface area contributed by atoms with Crippen LogP contribution in [0.15, 0.2) is 54.6 Å². The summed E-state index contributed by atoms with van der Waals surface area (Å²) in [6, 6.07) is 18.1. The smallest absolute Gasteiger partial charge is 0.150 e. The molecule has 2 heterocycles. The lowest BCUT2D eigenvalue weighted by Crippen LogP contribution is -1.96. The summed E-state index contributed by atoms with van der Waals surface area (Å²) in [6.45, 7) is 4.15. The fourth-order valence-corrected chi connectivity index (χ4v) is 3.01. The predicted octanol–water partition coefficient (Wildman–Crippen LogP) is 4.38. The van der Waals surface area contributed by atoms with Gasteiger partial charge in [0.25, 0.3) is 0 Å². The van der Waals surface area contributed by atoms with Crippen molar-refractivity contribution in [1.29, 1.82) is 0 Å². The summed E-state index contributed by atoms with van der Waals surface area (Å²) in [5.74, 6) is 6.78. The van der Waals surface area contributed by atoms with E-state index in [1.807, 2.05) is 42.5 Å². The average molecular weight is 323 g/mol. The summed E-state index contributed by atoms with van der Waals surface area (Å²) < 4.78 is 0. The number of nitrogens with two attached hydrogens (primary N) is 1. The van der Waals surface area contributed by atoms with E-state index >= 15 is 0 Å². The van der Waals surface area contributed by atoms with Crippen LogP contribution in [0.5, 0.6) is 0 Å². The highest BCUT2D eigenvalue weighted by molar-refractivity contribution is 6.08. The van der Waals surface area contributed by atoms with Gasteiger partial charge in [0.2, 0.25) is 0 Å². The van der Waals surface area contributed by atoms with Crippen molar-refractivity contribution in [3.63, 3.8) is 0 Å². The minimum absolute atomic E-state index is 0.434. The third-order valence-corrected chi connectivity index (χ3v) is 4.28. The molecule has 2 aromatic heterocycles. The first-order chi connectivity index (χ1) is 12.1. The summed E-state index contributed by atoms with van der Waals surface area (Å²) in [5, 5.41) is 2.05. The second-order valence-electron chi connectivity index (χ2n) is 6.18. The molecular weight excluding hydrogens is 306 g/mol. The van der Waals surface area contributed by atoms with Crippen molar-refractivity contribution in [2.45, 2.75) is 13.8 Å². The molecule has 0 saturated heterocycles. The zero-order valence-electron chi connectivity index (χ0n) is 14.2. The summed E-state index contributed by atoms with van der Waals surface area (Å²) >= 11 is 0. The quantitative estimate of drug-likeness (QED) is 0.386. The van der Waals surface area contributed by atoms with E-state index in [9.17, 15) is 0 Å². The van der Waals surface area contributed by atoms with Gasteiger partial charge in [0.1, 0.15) is 11.2 Å². The van der Waals surface area contributed by atoms with E-state index in [1.54, 1.807) is 0 Å². The lowest BCUT2D eigenvalue weighted by atomic mass is 10.1. The molecule has 2 aromatic carbocycles. The standard InChI is InChI=1S/C22H17N3/c1-14-7-8-16(15(2)13-14)9-10-17-11-12-19-18-5-3-4-6-20(18)25-22(23)21(19)24-17/h3-8,11-13H,1-2H3,(H2,23,25). The molecule has 2 N–H and O–H groups in total. The number of pyridine rings is 2. The van der Waals surface area contributed by atoms with Crippen LogP contribution in [-0.2, 0) is 0 Å². The maximum Gasteiger partial charge on any atom is 0.150 e. The molecule has 0 saturated carbocycles. The highest BCUT2D eigenvalue weighted by Gasteiger charge is 2.07. The minimum Gasteiger partial charge on any atom is -0.382 e. The van der Waals surface area contributed by atoms with Crippen molar-refractivity contribution >= 4 is 27.6 Å². The molecule has 0 unspecified atom stereocenters. The van der Waals surface area contributed by atoms with Crippen molar-refractivity contribution < 1.29 is 0 Å². The average Bonchev–Trinajstić information content (AvgIpc) is 2.61. The number of aryl methyl sites for hydroxylation is 2. The molecular formula is C22H17N3. The van der Waals surface area contributed by atoms with E-state index in [4.69, 9.17) is 5.73 Å². The van der Waals surface area contributed by atoms with Crippen LogP contribution in [0, 0.1) is 25.7 Å². The Balaban J connectivity index is 1.84. The van der Waals surface area contributed by atoms with E-state index < -0.39 is 0 Å². The first-order valence-electron chi connectivity index (χ1n) is 8.16. The van der Waals surface area contributed by atoms with Crippen LogP contribution in [-0.4, -0.2) is 9.97 Å². The van der Waals surface area contributed by atoms with Gasteiger partial charge in [-0.1, -0.05) is 41.8 Å². The number of hydrogen-bond acceptors (Lipinski definition) is 3. The van der Waals surface area contributed by atoms with Crippen LogP contribution in [0.25, 0.3) is 21.8 Å². The lowest BCUT2D eigenvalue weighted by molar-refractivity contribution is 1.33. The van der Waals surface area contributed by atoms with Gasteiger partial charge in [-0.25, -0.2) is 9.97 Å². The van der Waals surface area contributed by atoms with Gasteiger partial charge in [-0.2, -0.15) is 0 Å². The Bertz CT molecular complexity index is 1180. The summed E-state index contributed by atoms with van der Waals surface area (Å²) in [5.41, 5.74) is 11.8. The molecule has 0 amide bonds. The van der Waals surface area contributed by atoms with Crippen LogP contribution < -0.4 is 5.73 Å². The molecule has 0 aliphatic carbocycles. The van der Waals surface area contributed by atoms with Crippen LogP contribution in [0.4, 0.5) is 5.82 Å². The van der Waals surface area contributed by atoms with Gasteiger partial charge in [-0.15, -0.1) is 0 Å². The van der Waals surface area contributed by atoms with Gasteiger partial charge in [-0.05, 0) is 49.6 Å². The van der Waals surface area contributed by atoms with Crippen molar-refractivity contribution in [1.82, 2.24) is 9.97 Å². The number of benzene rings is 2. The van der Waals surface area contributed by atoms with Crippen molar-refractivity contribution in [3.8, 4) is 11.8 Å². The van der Waals surface area contributed by atoms with Gasteiger partial charge in [0.15, 0.2) is 5.82 Å². The molecule has 0 spiro atoms. The van der Waals surface area contributed by atoms with Crippen molar-refractivity contribution in [2.75, 3.05) is 5.73 Å². The second-order valence-corrected chi connectivity index (χ2v) is 6.18. The monoisotopic (exact) mass is 323 g/mol. The maximum atomic E-state index is 6.12. The number of aromatic nitrogens is 2. The molecule has 3 nitrogen and oxygen atoms in total. The largest absolute Gasteiger partial charge is 0.382 e.